The first-order valence-corrected chi connectivity index (χ1v) is 24.3. The molecule has 0 aliphatic heterocycles. The highest BCUT2D eigenvalue weighted by atomic mass is 31.1. The lowest BCUT2D eigenvalue weighted by molar-refractivity contribution is 0.603. The highest BCUT2D eigenvalue weighted by Crippen LogP contribution is 2.55. The Morgan fingerprint density at radius 2 is 1.25 bits per heavy atom. The quantitative estimate of drug-likeness (QED) is 0.179. The van der Waals surface area contributed by atoms with Crippen molar-refractivity contribution in [2.24, 2.45) is 5.73 Å². The van der Waals surface area contributed by atoms with Crippen molar-refractivity contribution >= 4 is 101 Å². The van der Waals surface area contributed by atoms with Crippen molar-refractivity contribution in [2.75, 3.05) is 0 Å². The number of hydrogen-bond acceptors (Lipinski definition) is 2. The standard InChI is InChI=1S/C36H27N3O.C20H17P.2C2H6/c1-2-3-17-34(37)39-29-15-10-8-13-26(29)36-31(39)20-19-30-35(36)25-12-7-9-14-28(25)38(30)23-18-21-33-27(22-23)24-11-5-4-6-16-32(24)40-33;1-14-9-11-19-18(12-14)17-10-8-15(2)13-20(17)21(19)16-6-4-3-5-7-16;2*1-2/h2-3,5-22H,4,37H2,1H3;3-13H,1-2H3;2*1-2H3/b3-2-,34-17+;;;. The minimum Gasteiger partial charge on any atom is -0.456 e. The molecule has 65 heavy (non-hydrogen) atoms. The lowest BCUT2D eigenvalue weighted by Gasteiger charge is -2.09. The van der Waals surface area contributed by atoms with Gasteiger partial charge in [-0.15, -0.1) is 0 Å². The van der Waals surface area contributed by atoms with Gasteiger partial charge in [-0.1, -0.05) is 168 Å². The lowest BCUT2D eigenvalue weighted by Crippen LogP contribution is -2.05. The molecule has 0 saturated heterocycles. The Labute approximate surface area is 383 Å². The van der Waals surface area contributed by atoms with Gasteiger partial charge in [0.2, 0.25) is 0 Å². The maximum Gasteiger partial charge on any atom is 0.135 e. The summed E-state index contributed by atoms with van der Waals surface area (Å²) in [5.74, 6) is 1.61. The van der Waals surface area contributed by atoms with Crippen molar-refractivity contribution < 1.29 is 4.42 Å². The molecule has 1 unspecified atom stereocenters. The number of fused-ring (bicyclic) bond motifs is 13. The van der Waals surface area contributed by atoms with Gasteiger partial charge in [0.25, 0.3) is 0 Å². The maximum absolute atomic E-state index is 6.67. The normalized spacial score (nSPS) is 12.7. The summed E-state index contributed by atoms with van der Waals surface area (Å²) in [6.07, 6.45) is 15.4. The predicted molar refractivity (Wildman–Crippen MR) is 287 cm³/mol. The molecule has 0 radical (unpaired) electrons. The van der Waals surface area contributed by atoms with Crippen LogP contribution in [0, 0.1) is 13.8 Å². The van der Waals surface area contributed by atoms with E-state index in [1.807, 2.05) is 52.8 Å². The first-order chi connectivity index (χ1) is 32.0. The number of furan rings is 1. The summed E-state index contributed by atoms with van der Waals surface area (Å²) >= 11 is 0. The van der Waals surface area contributed by atoms with Crippen LogP contribution < -0.4 is 5.73 Å². The lowest BCUT2D eigenvalue weighted by atomic mass is 10.1. The summed E-state index contributed by atoms with van der Waals surface area (Å²) < 4.78 is 10.8. The first-order valence-electron chi connectivity index (χ1n) is 23.0. The predicted octanol–water partition coefficient (Wildman–Crippen LogP) is 18.0. The molecule has 12 rings (SSSR count). The zero-order valence-corrected chi connectivity index (χ0v) is 39.3. The summed E-state index contributed by atoms with van der Waals surface area (Å²) in [7, 11) is -0.401. The smallest absolute Gasteiger partial charge is 0.135 e. The zero-order chi connectivity index (χ0) is 45.2. The highest BCUT2D eigenvalue weighted by Gasteiger charge is 2.21. The van der Waals surface area contributed by atoms with E-state index in [0.717, 1.165) is 51.0 Å². The van der Waals surface area contributed by atoms with Crippen LogP contribution in [0.2, 0.25) is 0 Å². The van der Waals surface area contributed by atoms with Crippen LogP contribution in [0.3, 0.4) is 0 Å². The molecule has 0 saturated carbocycles. The number of para-hydroxylation sites is 2. The minimum absolute atomic E-state index is 0.401. The Hall–Kier alpha value is -7.26. The Balaban J connectivity index is 0.000000179. The molecule has 4 nitrogen and oxygen atoms in total. The molecule has 0 fully saturated rings. The molecule has 1 atom stereocenters. The molecule has 5 heteroatoms. The van der Waals surface area contributed by atoms with Crippen LogP contribution in [-0.2, 0) is 0 Å². The molecular formula is C60H56N3OP. The van der Waals surface area contributed by atoms with Crippen LogP contribution in [0.5, 0.6) is 0 Å². The average molecular weight is 866 g/mol. The number of allylic oxidation sites excluding steroid dienone is 5. The summed E-state index contributed by atoms with van der Waals surface area (Å²) in [6, 6.07) is 53.0. The third-order valence-electron chi connectivity index (χ3n) is 12.1. The third kappa shape index (κ3) is 7.48. The van der Waals surface area contributed by atoms with E-state index in [2.05, 4.69) is 193 Å². The largest absolute Gasteiger partial charge is 0.456 e. The van der Waals surface area contributed by atoms with Gasteiger partial charge >= 0.3 is 0 Å². The third-order valence-corrected chi connectivity index (χ3v) is 14.6. The summed E-state index contributed by atoms with van der Waals surface area (Å²) in [6.45, 7) is 14.4. The van der Waals surface area contributed by atoms with Crippen molar-refractivity contribution in [3.63, 3.8) is 0 Å². The summed E-state index contributed by atoms with van der Waals surface area (Å²) in [5.41, 5.74) is 17.0. The van der Waals surface area contributed by atoms with E-state index < -0.39 is 7.53 Å². The van der Waals surface area contributed by atoms with Crippen molar-refractivity contribution in [3.8, 4) is 11.0 Å². The number of nitrogens with zero attached hydrogens (tertiary/aromatic N) is 2. The van der Waals surface area contributed by atoms with Gasteiger partial charge < -0.3 is 14.7 Å². The van der Waals surface area contributed by atoms with E-state index in [9.17, 15) is 0 Å². The Morgan fingerprint density at radius 3 is 2.03 bits per heavy atom. The van der Waals surface area contributed by atoms with Gasteiger partial charge in [-0.3, -0.25) is 4.57 Å². The zero-order valence-electron chi connectivity index (χ0n) is 38.4. The SMILES string of the molecule is C/C=C\C=C(/N)n1c2ccccc2c2c3c4ccccc4n(-c4ccc5oc6c(c5c4)C=CCC=C6)c3ccc21.CC.CC.Cc1ccc2c(c1)c1ccc(C)cc1p2-c1ccccc1. The molecule has 1 aliphatic carbocycles. The van der Waals surface area contributed by atoms with E-state index in [-0.39, 0.29) is 0 Å². The summed E-state index contributed by atoms with van der Waals surface area (Å²) in [5, 5.41) is 13.3. The molecule has 1 aliphatic rings. The van der Waals surface area contributed by atoms with E-state index >= 15 is 0 Å². The van der Waals surface area contributed by atoms with Crippen LogP contribution in [0.4, 0.5) is 0 Å². The maximum atomic E-state index is 6.67. The number of nitrogens with two attached hydrogens (primary N) is 1. The van der Waals surface area contributed by atoms with Gasteiger partial charge in [-0.05, 0) is 110 Å². The van der Waals surface area contributed by atoms with Crippen molar-refractivity contribution in [2.45, 2.75) is 54.9 Å². The van der Waals surface area contributed by atoms with Crippen molar-refractivity contribution in [3.05, 3.63) is 198 Å². The van der Waals surface area contributed by atoms with Crippen LogP contribution >= 0.6 is 7.53 Å². The fraction of sp³-hybridized carbons (Fsp3) is 0.133. The van der Waals surface area contributed by atoms with E-state index in [1.54, 1.807) is 0 Å². The van der Waals surface area contributed by atoms with Crippen LogP contribution in [0.15, 0.2) is 180 Å². The second-order valence-corrected chi connectivity index (χ2v) is 18.1. The minimum atomic E-state index is -0.401. The van der Waals surface area contributed by atoms with E-state index in [1.165, 1.54) is 64.5 Å². The molecule has 7 aromatic carbocycles. The monoisotopic (exact) mass is 865 g/mol. The fourth-order valence-electron chi connectivity index (χ4n) is 9.44. The topological polar surface area (TPSA) is 49.0 Å². The Kier molecular flexibility index (Phi) is 12.2. The molecule has 0 bridgehead atoms. The second kappa shape index (κ2) is 18.5. The number of hydrogen-bond donors (Lipinski definition) is 1. The molecule has 322 valence electrons. The van der Waals surface area contributed by atoms with Gasteiger partial charge in [0.1, 0.15) is 17.2 Å². The summed E-state index contributed by atoms with van der Waals surface area (Å²) in [4.78, 5) is 0. The Bertz CT molecular complexity index is 3660. The van der Waals surface area contributed by atoms with Crippen molar-refractivity contribution in [1.82, 2.24) is 9.13 Å². The number of aryl methyl sites for hydroxylation is 2. The van der Waals surface area contributed by atoms with Gasteiger partial charge in [0.15, 0.2) is 0 Å². The molecule has 2 N–H and O–H groups in total. The van der Waals surface area contributed by atoms with Crippen LogP contribution in [0.1, 0.15) is 63.5 Å². The van der Waals surface area contributed by atoms with E-state index in [0.29, 0.717) is 5.82 Å². The molecule has 4 aromatic heterocycles. The number of aromatic nitrogens is 2. The highest BCUT2D eigenvalue weighted by molar-refractivity contribution is 7.67. The first kappa shape index (κ1) is 43.0. The van der Waals surface area contributed by atoms with Gasteiger partial charge in [-0.25, -0.2) is 0 Å². The van der Waals surface area contributed by atoms with Crippen molar-refractivity contribution in [1.29, 1.82) is 0 Å². The van der Waals surface area contributed by atoms with Crippen LogP contribution in [-0.4, -0.2) is 9.13 Å². The van der Waals surface area contributed by atoms with Crippen LogP contribution in [0.25, 0.3) is 105 Å². The molecule has 4 heterocycles. The van der Waals surface area contributed by atoms with Gasteiger partial charge in [0.05, 0.1) is 22.1 Å². The molecule has 0 spiro atoms. The van der Waals surface area contributed by atoms with E-state index in [4.69, 9.17) is 10.2 Å². The average Bonchev–Trinajstić information content (AvgIpc) is 4.02. The second-order valence-electron chi connectivity index (χ2n) is 16.0. The number of rotatable bonds is 4. The molecular weight excluding hydrogens is 810 g/mol. The van der Waals surface area contributed by atoms with Gasteiger partial charge in [0, 0.05) is 48.4 Å². The Morgan fingerprint density at radius 1 is 0.585 bits per heavy atom. The fourth-order valence-corrected chi connectivity index (χ4v) is 12.1. The molecule has 11 aromatic rings. The number of benzene rings is 7. The molecule has 0 amide bonds. The van der Waals surface area contributed by atoms with Gasteiger partial charge in [-0.2, -0.15) is 0 Å².